The van der Waals surface area contributed by atoms with E-state index in [1.165, 1.54) is 42.2 Å². The summed E-state index contributed by atoms with van der Waals surface area (Å²) >= 11 is 0. The van der Waals surface area contributed by atoms with Crippen LogP contribution in [0.15, 0.2) is 66.8 Å². The summed E-state index contributed by atoms with van der Waals surface area (Å²) in [6.07, 6.45) is 16.6. The molecule has 1 aliphatic heterocycles. The van der Waals surface area contributed by atoms with Gasteiger partial charge in [-0.3, -0.25) is 9.05 Å². The van der Waals surface area contributed by atoms with E-state index in [0.717, 1.165) is 6.42 Å². The molecule has 3 aliphatic rings. The highest BCUT2D eigenvalue weighted by Gasteiger charge is 2.33. The second-order valence-corrected chi connectivity index (χ2v) is 10.1. The van der Waals surface area contributed by atoms with Crippen molar-refractivity contribution < 1.29 is 18.3 Å². The summed E-state index contributed by atoms with van der Waals surface area (Å²) < 4.78 is 28.9. The number of nitrogens with zero attached hydrogens (tertiary/aromatic N) is 1. The molecule has 5 nitrogen and oxygen atoms in total. The first-order valence-electron chi connectivity index (χ1n) is 12.0. The second-order valence-electron chi connectivity index (χ2n) is 7.94. The summed E-state index contributed by atoms with van der Waals surface area (Å²) in [7, 11) is -1.61. The minimum atomic E-state index is -3.02. The van der Waals surface area contributed by atoms with E-state index in [2.05, 4.69) is 85.0 Å². The number of benzene rings is 2. The Hall–Kier alpha value is -2.27. The van der Waals surface area contributed by atoms with Gasteiger partial charge in [-0.05, 0) is 48.4 Å². The third-order valence-corrected chi connectivity index (χ3v) is 7.79. The maximum absolute atomic E-state index is 12.0. The molecule has 6 heteroatoms. The summed E-state index contributed by atoms with van der Waals surface area (Å²) in [5, 5.41) is 0. The van der Waals surface area contributed by atoms with E-state index in [0.29, 0.717) is 32.9 Å². The molecular weight excluding hydrogens is 457 g/mol. The zero-order chi connectivity index (χ0) is 24.1. The Bertz CT molecular complexity index is 994. The van der Waals surface area contributed by atoms with E-state index < -0.39 is 7.75 Å². The minimum absolute atomic E-state index is 0. The maximum atomic E-state index is 12.0. The molecule has 0 aromatic heterocycles. The van der Waals surface area contributed by atoms with Gasteiger partial charge in [0.05, 0.1) is 19.8 Å². The van der Waals surface area contributed by atoms with Gasteiger partial charge >= 0.3 is 7.75 Å². The molecule has 1 saturated heterocycles. The first-order valence-corrected chi connectivity index (χ1v) is 13.5. The fraction of sp³-hybridized carbons (Fsp3) is 0.379. The summed E-state index contributed by atoms with van der Waals surface area (Å²) in [4.78, 5) is 0. The molecule has 0 N–H and O–H groups in total. The number of hydrogen-bond acceptors (Lipinski definition) is 4. The topological polar surface area (TPSA) is 48.0 Å². The average Bonchev–Trinajstić information content (AvgIpc) is 3.16. The highest BCUT2D eigenvalue weighted by Crippen LogP contribution is 2.51. The highest BCUT2D eigenvalue weighted by atomic mass is 31.2. The van der Waals surface area contributed by atoms with Crippen LogP contribution in [0.3, 0.4) is 0 Å². The molecule has 0 bridgehead atoms. The molecule has 1 heterocycles. The third-order valence-electron chi connectivity index (χ3n) is 5.65. The Morgan fingerprint density at radius 3 is 2.03 bits per heavy atom. The van der Waals surface area contributed by atoms with Crippen LogP contribution in [0.25, 0.3) is 18.2 Å². The lowest BCUT2D eigenvalue weighted by Gasteiger charge is -2.31. The van der Waals surface area contributed by atoms with Crippen molar-refractivity contribution >= 4 is 26.0 Å². The zero-order valence-electron chi connectivity index (χ0n) is 20.3. The van der Waals surface area contributed by atoms with Gasteiger partial charge in [0.25, 0.3) is 0 Å². The quantitative estimate of drug-likeness (QED) is 0.409. The van der Waals surface area contributed by atoms with Crippen LogP contribution < -0.4 is 0 Å². The Morgan fingerprint density at radius 2 is 1.46 bits per heavy atom. The van der Waals surface area contributed by atoms with Crippen molar-refractivity contribution in [2.75, 3.05) is 40.0 Å². The van der Waals surface area contributed by atoms with Gasteiger partial charge in [0.1, 0.15) is 0 Å². The van der Waals surface area contributed by atoms with Gasteiger partial charge in [-0.2, -0.15) is 0 Å². The van der Waals surface area contributed by atoms with Crippen molar-refractivity contribution in [2.45, 2.75) is 33.6 Å². The molecule has 0 amide bonds. The van der Waals surface area contributed by atoms with Gasteiger partial charge in [-0.25, -0.2) is 9.24 Å². The monoisotopic (exact) mass is 497 g/mol. The van der Waals surface area contributed by atoms with E-state index >= 15 is 0 Å². The largest absolute Gasteiger partial charge is 0.408 e. The fourth-order valence-corrected chi connectivity index (χ4v) is 5.35. The van der Waals surface area contributed by atoms with Gasteiger partial charge in [-0.1, -0.05) is 92.4 Å². The SMILES string of the molecule is C.C1=Cc2ccccc2C=CC1.C1=Cc2ccccc2CC1.CCOP(=O)(OC)N1CCOCC1. The molecule has 1 fully saturated rings. The van der Waals surface area contributed by atoms with Crippen molar-refractivity contribution in [1.29, 1.82) is 0 Å². The molecule has 2 aromatic carbocycles. The van der Waals surface area contributed by atoms with Crippen LogP contribution in [0.2, 0.25) is 0 Å². The zero-order valence-corrected chi connectivity index (χ0v) is 21.2. The standard InChI is InChI=1S/C11H10.C10H10.C7H16NO4P.CH4/c1-2-6-10-8-4-5-9-11(10)7-3-1;1-2-6-10-8-4-3-7-9(10)5-1;1-3-12-13(9,10-2)8-4-6-11-7-5-8;/h2-9H,1H2;1-3,5-7H,4,8H2;3-7H2,1-2H3;1H4. The molecule has 35 heavy (non-hydrogen) atoms. The summed E-state index contributed by atoms with van der Waals surface area (Å²) in [6, 6.07) is 17.0. The molecule has 2 aliphatic carbocycles. The number of hydrogen-bond donors (Lipinski definition) is 0. The van der Waals surface area contributed by atoms with Gasteiger partial charge in [0, 0.05) is 20.2 Å². The fourth-order valence-electron chi connectivity index (χ4n) is 3.87. The number of ether oxygens (including phenoxy) is 1. The predicted octanol–water partition coefficient (Wildman–Crippen LogP) is 7.51. The Balaban J connectivity index is 0.000000184. The summed E-state index contributed by atoms with van der Waals surface area (Å²) in [5.74, 6) is 0. The molecule has 190 valence electrons. The number of rotatable bonds is 4. The maximum Gasteiger partial charge on any atom is 0.408 e. The van der Waals surface area contributed by atoms with Gasteiger partial charge in [0.15, 0.2) is 0 Å². The molecule has 0 spiro atoms. The predicted molar refractivity (Wildman–Crippen MR) is 148 cm³/mol. The smallest absolute Gasteiger partial charge is 0.379 e. The molecule has 5 rings (SSSR count). The van der Waals surface area contributed by atoms with Crippen molar-refractivity contribution in [3.63, 3.8) is 0 Å². The highest BCUT2D eigenvalue weighted by molar-refractivity contribution is 7.51. The number of allylic oxidation sites excluding steroid dienone is 3. The molecule has 1 atom stereocenters. The van der Waals surface area contributed by atoms with Crippen LogP contribution in [-0.4, -0.2) is 44.7 Å². The number of aryl methyl sites for hydroxylation is 1. The van der Waals surface area contributed by atoms with E-state index in [1.807, 2.05) is 0 Å². The third kappa shape index (κ3) is 9.03. The van der Waals surface area contributed by atoms with E-state index in [1.54, 1.807) is 11.6 Å². The molecule has 1 unspecified atom stereocenters. The lowest BCUT2D eigenvalue weighted by atomic mass is 9.98. The number of morpholine rings is 1. The summed E-state index contributed by atoms with van der Waals surface area (Å²) in [5.41, 5.74) is 5.53. The minimum Gasteiger partial charge on any atom is -0.379 e. The van der Waals surface area contributed by atoms with Crippen LogP contribution in [0, 0.1) is 0 Å². The second kappa shape index (κ2) is 15.7. The molecule has 2 aromatic rings. The van der Waals surface area contributed by atoms with Crippen LogP contribution in [0.1, 0.15) is 49.4 Å². The van der Waals surface area contributed by atoms with Gasteiger partial charge in [-0.15, -0.1) is 0 Å². The van der Waals surface area contributed by atoms with Gasteiger partial charge < -0.3 is 4.74 Å². The Labute approximate surface area is 211 Å². The first-order chi connectivity index (χ1) is 16.7. The van der Waals surface area contributed by atoms with Crippen LogP contribution >= 0.6 is 7.75 Å². The van der Waals surface area contributed by atoms with Crippen LogP contribution in [0.5, 0.6) is 0 Å². The van der Waals surface area contributed by atoms with Crippen molar-refractivity contribution in [2.24, 2.45) is 0 Å². The average molecular weight is 498 g/mol. The molecular formula is C29H40NO4P. The lowest BCUT2D eigenvalue weighted by Crippen LogP contribution is -2.34. The normalized spacial score (nSPS) is 17.7. The Kier molecular flexibility index (Phi) is 13.0. The summed E-state index contributed by atoms with van der Waals surface area (Å²) in [6.45, 7) is 4.56. The molecule has 0 radical (unpaired) electrons. The lowest BCUT2D eigenvalue weighted by molar-refractivity contribution is 0.0536. The van der Waals surface area contributed by atoms with E-state index in [4.69, 9.17) is 13.8 Å². The van der Waals surface area contributed by atoms with Gasteiger partial charge in [0.2, 0.25) is 0 Å². The van der Waals surface area contributed by atoms with Crippen molar-refractivity contribution in [3.8, 4) is 0 Å². The Morgan fingerprint density at radius 1 is 0.886 bits per heavy atom. The van der Waals surface area contributed by atoms with Crippen molar-refractivity contribution in [1.82, 2.24) is 4.67 Å². The number of fused-ring (bicyclic) bond motifs is 2. The van der Waals surface area contributed by atoms with Crippen molar-refractivity contribution in [3.05, 3.63) is 89.0 Å². The van der Waals surface area contributed by atoms with E-state index in [9.17, 15) is 4.57 Å². The van der Waals surface area contributed by atoms with E-state index in [-0.39, 0.29) is 7.43 Å². The first kappa shape index (κ1) is 29.0. The van der Waals surface area contributed by atoms with Crippen LogP contribution in [-0.2, 0) is 24.8 Å². The molecule has 0 saturated carbocycles. The van der Waals surface area contributed by atoms with Crippen LogP contribution in [0.4, 0.5) is 0 Å².